The smallest absolute Gasteiger partial charge is 0.412 e. The summed E-state index contributed by atoms with van der Waals surface area (Å²) in [5.74, 6) is 0. The molecule has 0 aromatic rings. The molecular weight excluding hydrogens is 272 g/mol. The molecule has 7 heavy (non-hydrogen) atoms. The Morgan fingerprint density at radius 3 is 1.14 bits per heavy atom. The van der Waals surface area contributed by atoms with Crippen LogP contribution in [-0.2, 0) is 19.5 Å². The molecule has 7 heteroatoms. The largest absolute Gasteiger partial charge is 0.503 e. The molecule has 0 amide bonds. The first-order valence-electron chi connectivity index (χ1n) is 0.478. The first-order valence-corrected chi connectivity index (χ1v) is 3.20. The van der Waals surface area contributed by atoms with Gasteiger partial charge in [-0.3, -0.25) is 0 Å². The molecule has 0 saturated heterocycles. The fourth-order valence-electron chi connectivity index (χ4n) is 0. The average Bonchev–Trinajstić information content (AvgIpc) is 0.811. The first-order chi connectivity index (χ1) is 1.73. The zero-order valence-electron chi connectivity index (χ0n) is 3.35. The molecule has 5 N–H and O–H groups in total. The van der Waals surface area contributed by atoms with Crippen LogP contribution < -0.4 is 27.9 Å². The van der Waals surface area contributed by atoms with E-state index in [1.54, 1.807) is 0 Å². The van der Waals surface area contributed by atoms with Crippen molar-refractivity contribution < 1.29 is 61.8 Å². The third-order valence-corrected chi connectivity index (χ3v) is 0. The Kier molecular flexibility index (Phi) is 54.2. The molecule has 0 saturated carbocycles. The van der Waals surface area contributed by atoms with Crippen molar-refractivity contribution in [3.8, 4) is 0 Å². The molecule has 44 valence electrons. The number of halogens is 1. The molecule has 0 fully saturated rings. The van der Waals surface area contributed by atoms with Crippen molar-refractivity contribution in [1.82, 2.24) is 0 Å². The van der Waals surface area contributed by atoms with Crippen LogP contribution in [0.4, 0.5) is 0 Å². The minimum Gasteiger partial charge on any atom is -0.412 e. The van der Waals surface area contributed by atoms with E-state index in [1.165, 1.54) is 0 Å². The predicted molar refractivity (Wildman–Crippen MR) is 9.45 cm³/mol. The van der Waals surface area contributed by atoms with E-state index in [9.17, 15) is 0 Å². The maximum Gasteiger partial charge on any atom is 0.503 e. The van der Waals surface area contributed by atoms with Gasteiger partial charge in [0, 0.05) is 19.5 Å². The minimum absolute atomic E-state index is 0. The van der Waals surface area contributed by atoms with Gasteiger partial charge in [-0.1, -0.05) is 0 Å². The maximum absolute atomic E-state index is 8.68. The Bertz CT molecular complexity index is 12.8. The normalized spacial score (nSPS) is 5.14. The molecule has 0 unspecified atom stereocenters. The van der Waals surface area contributed by atoms with Crippen LogP contribution in [-0.4, -0.2) is 14.4 Å². The van der Waals surface area contributed by atoms with Crippen molar-refractivity contribution in [2.24, 2.45) is 0 Å². The van der Waals surface area contributed by atoms with Gasteiger partial charge in [-0.05, 0) is 3.44 Å². The molecule has 0 aliphatic heterocycles. The Morgan fingerprint density at radius 2 is 1.14 bits per heavy atom. The monoisotopic (exact) mass is 276 g/mol. The topological polar surface area (TPSA) is 129 Å². The summed E-state index contributed by atoms with van der Waals surface area (Å²) in [4.78, 5) is 0. The predicted octanol–water partition coefficient (Wildman–Crippen LogP) is -7.58. The van der Waals surface area contributed by atoms with Crippen LogP contribution in [0.5, 0.6) is 0 Å². The van der Waals surface area contributed by atoms with Crippen molar-refractivity contribution in [2.75, 3.05) is 0 Å². The van der Waals surface area contributed by atoms with E-state index in [-0.39, 0.29) is 30.4 Å². The van der Waals surface area contributed by atoms with Gasteiger partial charge < -0.3 is 17.8 Å². The second-order valence-electron chi connectivity index (χ2n) is 0.201. The zero-order valence-corrected chi connectivity index (χ0v) is 8.47. The van der Waals surface area contributed by atoms with Crippen LogP contribution in [0.25, 0.3) is 0 Å². The summed E-state index contributed by atoms with van der Waals surface area (Å²) in [6, 6.07) is 0. The van der Waals surface area contributed by atoms with Gasteiger partial charge in [-0.2, -0.15) is 0 Å². The van der Waals surface area contributed by atoms with Crippen LogP contribution in [0.15, 0.2) is 0 Å². The summed E-state index contributed by atoms with van der Waals surface area (Å²) < 4.78 is 24.5. The Hall–Kier alpha value is 1.15. The van der Waals surface area contributed by atoms with Crippen LogP contribution in [0.1, 0.15) is 0 Å². The van der Waals surface area contributed by atoms with Crippen molar-refractivity contribution >= 4 is 0 Å². The van der Waals surface area contributed by atoms with E-state index in [4.69, 9.17) is 10.3 Å². The fourth-order valence-corrected chi connectivity index (χ4v) is 0. The molecule has 0 aliphatic carbocycles. The van der Waals surface area contributed by atoms with Gasteiger partial charge in [0.15, 0.2) is 0 Å². The second kappa shape index (κ2) is 15.7. The molecule has 0 atom stereocenters. The maximum atomic E-state index is 8.68. The van der Waals surface area contributed by atoms with Crippen molar-refractivity contribution in [2.45, 2.75) is 0 Å². The van der Waals surface area contributed by atoms with Crippen LogP contribution in [0.3, 0.4) is 0 Å². The van der Waals surface area contributed by atoms with Gasteiger partial charge in [-0.15, -0.1) is 0 Å². The SMILES string of the molecule is O.O.[O-][I+2]([O-])O.[Zn]. The third-order valence-electron chi connectivity index (χ3n) is 0. The molecule has 0 spiro atoms. The standard InChI is InChI=1S/HIO3.2H2O.Zn/c2-1(3)4;;;/h2H;2*1H2;. The van der Waals surface area contributed by atoms with Crippen molar-refractivity contribution in [3.63, 3.8) is 0 Å². The molecule has 0 aromatic carbocycles. The summed E-state index contributed by atoms with van der Waals surface area (Å²) in [7, 11) is 0. The molecule has 0 heterocycles. The molecular formula is H5IO5Zn. The van der Waals surface area contributed by atoms with E-state index in [0.29, 0.717) is 0 Å². The Morgan fingerprint density at radius 1 is 1.14 bits per heavy atom. The van der Waals surface area contributed by atoms with E-state index in [1.807, 2.05) is 0 Å². The Balaban J connectivity index is -0.0000000150. The minimum atomic E-state index is -3.76. The zero-order chi connectivity index (χ0) is 3.58. The summed E-state index contributed by atoms with van der Waals surface area (Å²) >= 11 is -3.76. The third kappa shape index (κ3) is 143. The molecule has 0 aliphatic rings. The molecule has 0 bridgehead atoms. The summed E-state index contributed by atoms with van der Waals surface area (Å²) in [6.45, 7) is 0. The van der Waals surface area contributed by atoms with Gasteiger partial charge in [0.2, 0.25) is 0 Å². The van der Waals surface area contributed by atoms with E-state index in [2.05, 4.69) is 0 Å². The van der Waals surface area contributed by atoms with E-state index >= 15 is 0 Å². The summed E-state index contributed by atoms with van der Waals surface area (Å²) in [5.41, 5.74) is 0. The Labute approximate surface area is 61.8 Å². The second-order valence-corrected chi connectivity index (χ2v) is 1.35. The molecule has 0 radical (unpaired) electrons. The quantitative estimate of drug-likeness (QED) is 0.348. The van der Waals surface area contributed by atoms with Gasteiger partial charge >= 0.3 is 21.1 Å². The summed E-state index contributed by atoms with van der Waals surface area (Å²) in [6.07, 6.45) is 0. The van der Waals surface area contributed by atoms with Crippen LogP contribution in [0, 0.1) is 0 Å². The number of hydrogen-bond donors (Lipinski definition) is 1. The van der Waals surface area contributed by atoms with E-state index in [0.717, 1.165) is 0 Å². The summed E-state index contributed by atoms with van der Waals surface area (Å²) in [5, 5.41) is 0. The van der Waals surface area contributed by atoms with Crippen LogP contribution >= 0.6 is 0 Å². The van der Waals surface area contributed by atoms with Gasteiger partial charge in [-0.25, -0.2) is 0 Å². The van der Waals surface area contributed by atoms with Crippen molar-refractivity contribution in [1.29, 1.82) is 0 Å². The molecule has 5 nitrogen and oxygen atoms in total. The first kappa shape index (κ1) is 24.2. The van der Waals surface area contributed by atoms with Crippen molar-refractivity contribution in [3.05, 3.63) is 0 Å². The number of hydrogen-bond acceptors (Lipinski definition) is 3. The van der Waals surface area contributed by atoms with Gasteiger partial charge in [0.25, 0.3) is 0 Å². The number of rotatable bonds is 0. The van der Waals surface area contributed by atoms with Gasteiger partial charge in [0.1, 0.15) is 0 Å². The van der Waals surface area contributed by atoms with Gasteiger partial charge in [0.05, 0.1) is 0 Å². The van der Waals surface area contributed by atoms with Crippen LogP contribution in [0.2, 0.25) is 0 Å². The molecule has 0 aromatic heterocycles. The average molecular weight is 277 g/mol. The van der Waals surface area contributed by atoms with E-state index < -0.39 is 21.1 Å². The molecule has 0 rings (SSSR count). The fraction of sp³-hybridized carbons (Fsp3) is 0.